The summed E-state index contributed by atoms with van der Waals surface area (Å²) in [6.07, 6.45) is 0.771. The zero-order valence-corrected chi connectivity index (χ0v) is 24.4. The number of tetrazole rings is 1. The summed E-state index contributed by atoms with van der Waals surface area (Å²) in [7, 11) is 0. The Hall–Kier alpha value is -4.23. The first-order chi connectivity index (χ1) is 20.7. The van der Waals surface area contributed by atoms with E-state index in [1.165, 1.54) is 12.1 Å². The monoisotopic (exact) mass is 594 g/mol. The van der Waals surface area contributed by atoms with E-state index in [-0.39, 0.29) is 49.0 Å². The second kappa shape index (κ2) is 15.3. The molecule has 1 saturated heterocycles. The van der Waals surface area contributed by atoms with E-state index < -0.39 is 24.2 Å². The highest BCUT2D eigenvalue weighted by Gasteiger charge is 2.39. The van der Waals surface area contributed by atoms with Crippen molar-refractivity contribution < 1.29 is 23.9 Å². The lowest BCUT2D eigenvalue weighted by molar-refractivity contribution is -0.136. The zero-order chi connectivity index (χ0) is 30.8. The van der Waals surface area contributed by atoms with Crippen LogP contribution >= 0.6 is 0 Å². The molecule has 2 unspecified atom stereocenters. The summed E-state index contributed by atoms with van der Waals surface area (Å²) in [4.78, 5) is 41.0. The fourth-order valence-electron chi connectivity index (χ4n) is 5.32. The van der Waals surface area contributed by atoms with E-state index in [9.17, 15) is 23.9 Å². The van der Waals surface area contributed by atoms with Gasteiger partial charge >= 0.3 is 0 Å². The van der Waals surface area contributed by atoms with Crippen LogP contribution in [0.15, 0.2) is 54.6 Å². The van der Waals surface area contributed by atoms with Crippen LogP contribution in [0.5, 0.6) is 0 Å². The van der Waals surface area contributed by atoms with Crippen molar-refractivity contribution in [2.24, 2.45) is 11.8 Å². The average Bonchev–Trinajstić information content (AvgIpc) is 3.69. The number of hydrogen-bond acceptors (Lipinski definition) is 8. The zero-order valence-electron chi connectivity index (χ0n) is 24.4. The Morgan fingerprint density at radius 3 is 2.53 bits per heavy atom. The van der Waals surface area contributed by atoms with Gasteiger partial charge in [0.1, 0.15) is 18.1 Å². The van der Waals surface area contributed by atoms with Crippen LogP contribution in [-0.2, 0) is 33.8 Å². The summed E-state index contributed by atoms with van der Waals surface area (Å²) in [5, 5.41) is 33.1. The molecule has 5 atom stereocenters. The number of likely N-dealkylation sites (tertiary alicyclic amines) is 1. The molecule has 0 spiro atoms. The number of nitrogens with one attached hydrogen (secondary N) is 4. The molecule has 0 bridgehead atoms. The predicted octanol–water partition coefficient (Wildman–Crippen LogP) is 1.10. The lowest BCUT2D eigenvalue weighted by atomic mass is 9.96. The first-order valence-corrected chi connectivity index (χ1v) is 14.5. The van der Waals surface area contributed by atoms with E-state index >= 15 is 0 Å². The Morgan fingerprint density at radius 1 is 1.12 bits per heavy atom. The van der Waals surface area contributed by atoms with Gasteiger partial charge in [0.05, 0.1) is 25.6 Å². The Balaban J connectivity index is 1.39. The number of halogens is 1. The van der Waals surface area contributed by atoms with Gasteiger partial charge in [-0.2, -0.15) is 5.21 Å². The van der Waals surface area contributed by atoms with Crippen molar-refractivity contribution in [3.05, 3.63) is 77.4 Å². The van der Waals surface area contributed by atoms with E-state index in [0.29, 0.717) is 31.6 Å². The van der Waals surface area contributed by atoms with Crippen LogP contribution in [0.3, 0.4) is 0 Å². The molecular weight excluding hydrogens is 555 g/mol. The first kappa shape index (κ1) is 31.7. The van der Waals surface area contributed by atoms with Gasteiger partial charge in [-0.1, -0.05) is 67.9 Å². The fourth-order valence-corrected chi connectivity index (χ4v) is 5.32. The minimum Gasteiger partial charge on any atom is -0.376 e. The quantitative estimate of drug-likeness (QED) is 0.173. The SMILES string of the molecule is CC[C@H](C)[C@H](NC(=O)Cc1ccccc1)C(=O)NCC(=O)N1C[C@H](Cc2ccc(F)cc2)CC1C(O)NCc1nn[nH]n1. The van der Waals surface area contributed by atoms with Crippen LogP contribution in [0.25, 0.3) is 0 Å². The molecule has 2 aromatic carbocycles. The summed E-state index contributed by atoms with van der Waals surface area (Å²) in [6, 6.07) is 14.1. The second-order valence-electron chi connectivity index (χ2n) is 11.0. The second-order valence-corrected chi connectivity index (χ2v) is 11.0. The smallest absolute Gasteiger partial charge is 0.243 e. The van der Waals surface area contributed by atoms with Gasteiger partial charge in [-0.05, 0) is 47.9 Å². The van der Waals surface area contributed by atoms with Gasteiger partial charge in [0.2, 0.25) is 17.7 Å². The Bertz CT molecular complexity index is 1330. The fraction of sp³-hybridized carbons (Fsp3) is 0.467. The number of aromatic amines is 1. The summed E-state index contributed by atoms with van der Waals surface area (Å²) in [5.41, 5.74) is 1.75. The highest BCUT2D eigenvalue weighted by molar-refractivity contribution is 5.91. The van der Waals surface area contributed by atoms with E-state index in [1.807, 2.05) is 44.2 Å². The molecule has 3 amide bonds. The van der Waals surface area contributed by atoms with Crippen LogP contribution in [0.1, 0.15) is 43.6 Å². The van der Waals surface area contributed by atoms with Gasteiger partial charge in [-0.3, -0.25) is 19.7 Å². The summed E-state index contributed by atoms with van der Waals surface area (Å²) < 4.78 is 13.4. The molecule has 13 heteroatoms. The molecule has 1 aromatic heterocycles. The number of aliphatic hydroxyl groups is 1. The van der Waals surface area contributed by atoms with Crippen molar-refractivity contribution in [2.45, 2.75) is 64.4 Å². The van der Waals surface area contributed by atoms with Crippen LogP contribution in [0, 0.1) is 17.7 Å². The Morgan fingerprint density at radius 2 is 1.86 bits per heavy atom. The number of nitrogens with zero attached hydrogens (tertiary/aromatic N) is 4. The number of aromatic nitrogens is 4. The molecule has 2 heterocycles. The van der Waals surface area contributed by atoms with Gasteiger partial charge in [0.15, 0.2) is 5.82 Å². The van der Waals surface area contributed by atoms with Crippen LogP contribution < -0.4 is 16.0 Å². The molecule has 1 aliphatic rings. The van der Waals surface area contributed by atoms with Crippen molar-refractivity contribution in [1.29, 1.82) is 0 Å². The number of amides is 3. The third-order valence-electron chi connectivity index (χ3n) is 7.84. The van der Waals surface area contributed by atoms with E-state index in [0.717, 1.165) is 11.1 Å². The van der Waals surface area contributed by atoms with E-state index in [1.54, 1.807) is 17.0 Å². The summed E-state index contributed by atoms with van der Waals surface area (Å²) in [5.74, 6) is -1.22. The molecule has 4 rings (SSSR count). The van der Waals surface area contributed by atoms with E-state index in [4.69, 9.17) is 0 Å². The number of aliphatic hydroxyl groups excluding tert-OH is 1. The third-order valence-corrected chi connectivity index (χ3v) is 7.84. The number of carbonyl (C=O) groups excluding carboxylic acids is 3. The summed E-state index contributed by atoms with van der Waals surface area (Å²) >= 11 is 0. The first-order valence-electron chi connectivity index (χ1n) is 14.5. The normalized spacial score (nSPS) is 18.6. The number of rotatable bonds is 14. The molecule has 1 aliphatic heterocycles. The maximum absolute atomic E-state index is 13.5. The van der Waals surface area contributed by atoms with Gasteiger partial charge in [-0.15, -0.1) is 10.2 Å². The number of benzene rings is 2. The number of hydrogen-bond donors (Lipinski definition) is 5. The Labute approximate surface area is 249 Å². The predicted molar refractivity (Wildman–Crippen MR) is 155 cm³/mol. The third kappa shape index (κ3) is 9.13. The molecule has 0 saturated carbocycles. The van der Waals surface area contributed by atoms with Crippen molar-refractivity contribution in [3.63, 3.8) is 0 Å². The minimum absolute atomic E-state index is 0.00174. The Kier molecular flexibility index (Phi) is 11.3. The number of H-pyrrole nitrogens is 1. The molecule has 5 N–H and O–H groups in total. The molecule has 0 radical (unpaired) electrons. The highest BCUT2D eigenvalue weighted by atomic mass is 19.1. The van der Waals surface area contributed by atoms with Crippen molar-refractivity contribution in [2.75, 3.05) is 13.1 Å². The molecule has 43 heavy (non-hydrogen) atoms. The van der Waals surface area contributed by atoms with Crippen LogP contribution in [0.2, 0.25) is 0 Å². The molecule has 1 fully saturated rings. The molecule has 12 nitrogen and oxygen atoms in total. The molecule has 0 aliphatic carbocycles. The molecular formula is C30H39FN8O4. The van der Waals surface area contributed by atoms with Crippen molar-refractivity contribution in [3.8, 4) is 0 Å². The van der Waals surface area contributed by atoms with Crippen LogP contribution in [-0.4, -0.2) is 79.8 Å². The minimum atomic E-state index is -1.10. The summed E-state index contributed by atoms with van der Waals surface area (Å²) in [6.45, 7) is 3.99. The lowest BCUT2D eigenvalue weighted by Crippen LogP contribution is -2.54. The van der Waals surface area contributed by atoms with Crippen molar-refractivity contribution in [1.82, 2.24) is 41.5 Å². The standard InChI is InChI=1S/C30H39FN8O4/c1-3-19(2)28(34-26(40)15-20-7-5-4-6-8-20)30(43)33-17-27(41)39-18-22(13-21-9-11-23(31)12-10-21)14-24(39)29(42)32-16-25-35-37-38-36-25/h4-12,19,22,24,28-29,32,42H,3,13-18H2,1-2H3,(H,33,43)(H,34,40)(H,35,36,37,38)/t19-,22+,24?,28-,29?/m0/s1. The van der Waals surface area contributed by atoms with Gasteiger partial charge in [0.25, 0.3) is 0 Å². The molecule has 3 aromatic rings. The average molecular weight is 595 g/mol. The molecule has 230 valence electrons. The highest BCUT2D eigenvalue weighted by Crippen LogP contribution is 2.28. The van der Waals surface area contributed by atoms with Crippen molar-refractivity contribution >= 4 is 17.7 Å². The van der Waals surface area contributed by atoms with Gasteiger partial charge < -0.3 is 20.6 Å². The largest absolute Gasteiger partial charge is 0.376 e. The maximum atomic E-state index is 13.5. The maximum Gasteiger partial charge on any atom is 0.243 e. The van der Waals surface area contributed by atoms with Gasteiger partial charge in [-0.25, -0.2) is 4.39 Å². The topological polar surface area (TPSA) is 165 Å². The van der Waals surface area contributed by atoms with E-state index in [2.05, 4.69) is 36.6 Å². The van der Waals surface area contributed by atoms with Crippen LogP contribution in [0.4, 0.5) is 4.39 Å². The number of carbonyl (C=O) groups is 3. The van der Waals surface area contributed by atoms with Gasteiger partial charge in [0, 0.05) is 6.54 Å². The lowest BCUT2D eigenvalue weighted by Gasteiger charge is -2.29.